The summed E-state index contributed by atoms with van der Waals surface area (Å²) in [6, 6.07) is 6.94. The van der Waals surface area contributed by atoms with Gasteiger partial charge in [-0.15, -0.1) is 0 Å². The van der Waals surface area contributed by atoms with E-state index in [4.69, 9.17) is 4.99 Å². The van der Waals surface area contributed by atoms with Crippen molar-refractivity contribution in [1.82, 2.24) is 35.3 Å². The maximum Gasteiger partial charge on any atom is 0.236 e. The molecule has 1 aromatic carbocycles. The smallest absolute Gasteiger partial charge is 0.236 e. The summed E-state index contributed by atoms with van der Waals surface area (Å²) < 4.78 is 15.3. The molecule has 3 aliphatic heterocycles. The largest absolute Gasteiger partial charge is 0.359 e. The van der Waals surface area contributed by atoms with Crippen molar-refractivity contribution in [1.29, 1.82) is 0 Å². The van der Waals surface area contributed by atoms with Gasteiger partial charge in [0.05, 0.1) is 12.5 Å². The zero-order valence-electron chi connectivity index (χ0n) is 27.0. The number of hydrogen-bond donors (Lipinski definition) is 3. The number of benzene rings is 1. The number of hydrogen-bond acceptors (Lipinski definition) is 9. The van der Waals surface area contributed by atoms with Gasteiger partial charge >= 0.3 is 0 Å². The number of piperidine rings is 1. The number of aromatic nitrogens is 2. The first-order valence-corrected chi connectivity index (χ1v) is 16.5. The molecule has 0 spiro atoms. The van der Waals surface area contributed by atoms with E-state index in [1.165, 1.54) is 13.1 Å². The molecule has 252 valence electrons. The number of pyridine rings is 1. The van der Waals surface area contributed by atoms with Crippen LogP contribution in [0.25, 0.3) is 16.6 Å². The number of H-pyrrole nitrogens is 1. The van der Waals surface area contributed by atoms with Gasteiger partial charge in [0.15, 0.2) is 12.6 Å². The topological polar surface area (TPSA) is 143 Å². The molecule has 3 aliphatic rings. The first kappa shape index (κ1) is 33.2. The van der Waals surface area contributed by atoms with Crippen molar-refractivity contribution in [3.05, 3.63) is 70.9 Å². The maximum atomic E-state index is 15.3. The Labute approximate surface area is 278 Å². The summed E-state index contributed by atoms with van der Waals surface area (Å²) in [6.07, 6.45) is 10.6. The van der Waals surface area contributed by atoms with Crippen LogP contribution in [0.1, 0.15) is 64.6 Å². The van der Waals surface area contributed by atoms with Gasteiger partial charge in [-0.25, -0.2) is 9.37 Å². The van der Waals surface area contributed by atoms with Crippen LogP contribution in [0, 0.1) is 5.82 Å². The highest BCUT2D eigenvalue weighted by Gasteiger charge is 2.29. The summed E-state index contributed by atoms with van der Waals surface area (Å²) in [5, 5.41) is 6.79. The molecule has 2 aromatic heterocycles. The van der Waals surface area contributed by atoms with E-state index in [1.54, 1.807) is 24.5 Å². The van der Waals surface area contributed by atoms with E-state index in [-0.39, 0.29) is 36.3 Å². The first-order chi connectivity index (χ1) is 23.4. The van der Waals surface area contributed by atoms with Crippen molar-refractivity contribution in [2.75, 3.05) is 52.9 Å². The molecule has 2 unspecified atom stereocenters. The summed E-state index contributed by atoms with van der Waals surface area (Å²) in [7, 11) is 1.54. The van der Waals surface area contributed by atoms with Crippen LogP contribution in [0.15, 0.2) is 47.9 Å². The summed E-state index contributed by atoms with van der Waals surface area (Å²) in [5.74, 6) is -1.05. The molecule has 2 fully saturated rings. The Morgan fingerprint density at radius 3 is 2.71 bits per heavy atom. The number of rotatable bonds is 10. The number of aromatic amines is 1. The van der Waals surface area contributed by atoms with Crippen molar-refractivity contribution in [3.63, 3.8) is 0 Å². The lowest BCUT2D eigenvalue weighted by atomic mass is 9.86. The van der Waals surface area contributed by atoms with Crippen LogP contribution in [-0.2, 0) is 14.4 Å². The third-order valence-corrected chi connectivity index (χ3v) is 9.64. The molecule has 3 aromatic rings. The number of amides is 2. The molecule has 2 saturated heterocycles. The quantitative estimate of drug-likeness (QED) is 0.283. The number of carbonyl (C=O) groups excluding carboxylic acids is 4. The Hall–Kier alpha value is -4.75. The molecular formula is C35H41FN8O4. The zero-order valence-corrected chi connectivity index (χ0v) is 27.0. The lowest BCUT2D eigenvalue weighted by Gasteiger charge is -2.38. The summed E-state index contributed by atoms with van der Waals surface area (Å²) in [4.78, 5) is 66.4. The fourth-order valence-corrected chi connectivity index (χ4v) is 6.87. The molecule has 2 atom stereocenters. The number of allylic oxidation sites excluding steroid dienone is 1. The summed E-state index contributed by atoms with van der Waals surface area (Å²) >= 11 is 0. The van der Waals surface area contributed by atoms with E-state index in [2.05, 4.69) is 30.4 Å². The third-order valence-electron chi connectivity index (χ3n) is 9.64. The second-order valence-electron chi connectivity index (χ2n) is 12.5. The van der Waals surface area contributed by atoms with Crippen molar-refractivity contribution < 1.29 is 23.6 Å². The van der Waals surface area contributed by atoms with E-state index in [9.17, 15) is 19.2 Å². The molecule has 0 saturated carbocycles. The molecule has 48 heavy (non-hydrogen) atoms. The fraction of sp³-hybridized carbons (Fsp3) is 0.429. The van der Waals surface area contributed by atoms with Gasteiger partial charge in [0.25, 0.3) is 0 Å². The van der Waals surface area contributed by atoms with Gasteiger partial charge in [-0.3, -0.25) is 29.6 Å². The summed E-state index contributed by atoms with van der Waals surface area (Å²) in [5.41, 5.74) is 4.13. The van der Waals surface area contributed by atoms with E-state index in [1.807, 2.05) is 23.4 Å². The fourth-order valence-electron chi connectivity index (χ4n) is 6.87. The van der Waals surface area contributed by atoms with Crippen LogP contribution in [0.2, 0.25) is 0 Å². The molecule has 2 amide bonds. The van der Waals surface area contributed by atoms with Crippen LogP contribution >= 0.6 is 0 Å². The number of aliphatic imine (C=N–C) groups is 1. The number of halogens is 1. The van der Waals surface area contributed by atoms with Gasteiger partial charge in [-0.1, -0.05) is 12.1 Å². The Morgan fingerprint density at radius 2 is 1.96 bits per heavy atom. The highest BCUT2D eigenvalue weighted by atomic mass is 19.1. The average Bonchev–Trinajstić information content (AvgIpc) is 3.51. The van der Waals surface area contributed by atoms with Gasteiger partial charge in [0.2, 0.25) is 11.8 Å². The average molecular weight is 657 g/mol. The van der Waals surface area contributed by atoms with Crippen LogP contribution in [0.3, 0.4) is 0 Å². The molecule has 6 rings (SSSR count). The van der Waals surface area contributed by atoms with Crippen LogP contribution in [-0.4, -0.2) is 114 Å². The van der Waals surface area contributed by atoms with E-state index < -0.39 is 5.92 Å². The van der Waals surface area contributed by atoms with Crippen molar-refractivity contribution in [2.45, 2.75) is 43.8 Å². The highest BCUT2D eigenvalue weighted by molar-refractivity contribution is 6.11. The molecule has 0 aliphatic carbocycles. The van der Waals surface area contributed by atoms with Crippen molar-refractivity contribution in [2.24, 2.45) is 4.99 Å². The van der Waals surface area contributed by atoms with Crippen LogP contribution in [0.5, 0.6) is 0 Å². The number of nitrogens with one attached hydrogen (secondary N) is 3. The van der Waals surface area contributed by atoms with E-state index in [0.717, 1.165) is 41.9 Å². The molecule has 3 N–H and O–H groups in total. The molecule has 13 heteroatoms. The second kappa shape index (κ2) is 15.0. The first-order valence-electron chi connectivity index (χ1n) is 16.5. The molecular weight excluding hydrogens is 615 g/mol. The van der Waals surface area contributed by atoms with Gasteiger partial charge in [-0.2, -0.15) is 0 Å². The Kier molecular flexibility index (Phi) is 10.4. The molecule has 5 heterocycles. The maximum absolute atomic E-state index is 15.3. The molecule has 0 radical (unpaired) electrons. The lowest BCUT2D eigenvalue weighted by Crippen LogP contribution is -2.54. The third kappa shape index (κ3) is 7.21. The number of carbonyl (C=O) groups is 4. The van der Waals surface area contributed by atoms with Crippen molar-refractivity contribution in [3.8, 4) is 0 Å². The number of fused-ring (bicyclic) bond motifs is 2. The standard InChI is InChI=1S/C35H41FN8O4/c1-37-34(48)29(3-2-14-45)24-4-5-28(31(36)16-24)23-6-9-42(10-7-23)21-32(47)43-11-8-38-35-41-18-26(20-44(35)13-12-43)25-15-30-27(22-46)19-40-33(30)39-17-25/h4-5,14-20,22-23,29,35,38H,2-3,6-13,21H2,1H3,(H,37,48)(H,39,40). The van der Waals surface area contributed by atoms with E-state index >= 15 is 4.39 Å². The highest BCUT2D eigenvalue weighted by Crippen LogP contribution is 2.32. The minimum Gasteiger partial charge on any atom is -0.359 e. The van der Waals surface area contributed by atoms with Crippen molar-refractivity contribution >= 4 is 47.2 Å². The van der Waals surface area contributed by atoms with Crippen LogP contribution < -0.4 is 10.6 Å². The minimum absolute atomic E-state index is 0.0282. The predicted octanol–water partition coefficient (Wildman–Crippen LogP) is 2.65. The Balaban J connectivity index is 1.03. The normalized spacial score (nSPS) is 19.6. The SMILES string of the molecule is CNC(=O)C(CCC=O)c1ccc(C2CCN(CC(=O)N3CCNC4N=CC(c5cnc6[nH]cc(C=O)c6c5)=CN4CC3)CC2)c(F)c1. The monoisotopic (exact) mass is 656 g/mol. The molecule has 0 bridgehead atoms. The number of nitrogens with zero attached hydrogens (tertiary/aromatic N) is 5. The predicted molar refractivity (Wildman–Crippen MR) is 180 cm³/mol. The Morgan fingerprint density at radius 1 is 1.12 bits per heavy atom. The lowest BCUT2D eigenvalue weighted by molar-refractivity contribution is -0.133. The van der Waals surface area contributed by atoms with Gasteiger partial charge in [0.1, 0.15) is 17.8 Å². The number of likely N-dealkylation sites (tertiary alicyclic amines) is 1. The number of likely N-dealkylation sites (N-methyl/N-ethyl adjacent to an activating group) is 1. The zero-order chi connectivity index (χ0) is 33.6. The van der Waals surface area contributed by atoms with Gasteiger partial charge in [0, 0.05) is 86.5 Å². The van der Waals surface area contributed by atoms with Crippen LogP contribution in [0.4, 0.5) is 4.39 Å². The van der Waals surface area contributed by atoms with Gasteiger partial charge < -0.3 is 24.9 Å². The van der Waals surface area contributed by atoms with Gasteiger partial charge in [-0.05, 0) is 61.5 Å². The number of aldehydes is 2. The molecule has 12 nitrogen and oxygen atoms in total. The van der Waals surface area contributed by atoms with E-state index in [0.29, 0.717) is 74.6 Å². The minimum atomic E-state index is -0.573. The Bertz CT molecular complexity index is 1730. The second-order valence-corrected chi connectivity index (χ2v) is 12.5. The summed E-state index contributed by atoms with van der Waals surface area (Å²) in [6.45, 7) is 4.00.